The summed E-state index contributed by atoms with van der Waals surface area (Å²) in [5.74, 6) is -0.767. The summed E-state index contributed by atoms with van der Waals surface area (Å²) in [6, 6.07) is 0. The molecule has 0 spiro atoms. The van der Waals surface area contributed by atoms with Gasteiger partial charge in [-0.05, 0) is 26.9 Å². The molecule has 92 valence electrons. The number of likely N-dealkylation sites (tertiary alicyclic amines) is 1. The Kier molecular flexibility index (Phi) is 3.91. The molecule has 1 aliphatic heterocycles. The second-order valence-corrected chi connectivity index (χ2v) is 4.74. The minimum atomic E-state index is -0.782. The lowest BCUT2D eigenvalue weighted by atomic mass is 9.84. The number of carboxylic acids is 1. The number of hydrogen-bond donors (Lipinski definition) is 1. The lowest BCUT2D eigenvalue weighted by Gasteiger charge is -2.23. The van der Waals surface area contributed by atoms with Crippen LogP contribution in [0, 0.1) is 5.41 Å². The van der Waals surface area contributed by atoms with Gasteiger partial charge in [-0.1, -0.05) is 6.92 Å². The van der Waals surface area contributed by atoms with Gasteiger partial charge in [-0.15, -0.1) is 0 Å². The normalized spacial score (nSPS) is 25.1. The fraction of sp³-hybridized carbons (Fsp3) is 0.818. The van der Waals surface area contributed by atoms with Gasteiger partial charge in [0.15, 0.2) is 0 Å². The van der Waals surface area contributed by atoms with Gasteiger partial charge < -0.3 is 14.9 Å². The summed E-state index contributed by atoms with van der Waals surface area (Å²) in [5.41, 5.74) is -0.720. The molecule has 0 aromatic heterocycles. The monoisotopic (exact) mass is 228 g/mol. The minimum Gasteiger partial charge on any atom is -0.481 e. The van der Waals surface area contributed by atoms with Crippen molar-refractivity contribution >= 4 is 11.9 Å². The SMILES string of the molecule is CCC1(C(=O)O)CCN(C(=O)CN(C)C)C1. The fourth-order valence-corrected chi connectivity index (χ4v) is 2.07. The van der Waals surface area contributed by atoms with E-state index in [1.54, 1.807) is 9.80 Å². The van der Waals surface area contributed by atoms with E-state index in [9.17, 15) is 14.7 Å². The van der Waals surface area contributed by atoms with Crippen LogP contribution >= 0.6 is 0 Å². The highest BCUT2D eigenvalue weighted by Crippen LogP contribution is 2.34. The van der Waals surface area contributed by atoms with Crippen LogP contribution in [0.4, 0.5) is 0 Å². The van der Waals surface area contributed by atoms with Crippen molar-refractivity contribution in [2.45, 2.75) is 19.8 Å². The third kappa shape index (κ3) is 2.52. The van der Waals surface area contributed by atoms with E-state index < -0.39 is 11.4 Å². The van der Waals surface area contributed by atoms with E-state index in [1.807, 2.05) is 21.0 Å². The molecule has 0 aromatic rings. The Bertz CT molecular complexity index is 291. The van der Waals surface area contributed by atoms with Crippen molar-refractivity contribution in [2.24, 2.45) is 5.41 Å². The molecule has 16 heavy (non-hydrogen) atoms. The van der Waals surface area contributed by atoms with Crippen molar-refractivity contribution in [1.82, 2.24) is 9.80 Å². The highest BCUT2D eigenvalue weighted by Gasteiger charge is 2.44. The van der Waals surface area contributed by atoms with Crippen molar-refractivity contribution in [2.75, 3.05) is 33.7 Å². The number of rotatable bonds is 4. The first kappa shape index (κ1) is 13.0. The summed E-state index contributed by atoms with van der Waals surface area (Å²) < 4.78 is 0. The average Bonchev–Trinajstić information content (AvgIpc) is 2.61. The molecule has 0 aromatic carbocycles. The van der Waals surface area contributed by atoms with Crippen LogP contribution in [0.2, 0.25) is 0 Å². The Balaban J connectivity index is 2.64. The summed E-state index contributed by atoms with van der Waals surface area (Å²) in [6.07, 6.45) is 1.14. The van der Waals surface area contributed by atoms with Gasteiger partial charge >= 0.3 is 5.97 Å². The van der Waals surface area contributed by atoms with E-state index in [0.29, 0.717) is 32.5 Å². The highest BCUT2D eigenvalue weighted by atomic mass is 16.4. The molecule has 1 rings (SSSR count). The molecule has 1 fully saturated rings. The molecule has 1 unspecified atom stereocenters. The van der Waals surface area contributed by atoms with E-state index in [1.165, 1.54) is 0 Å². The Morgan fingerprint density at radius 3 is 2.44 bits per heavy atom. The third-order valence-corrected chi connectivity index (χ3v) is 3.29. The smallest absolute Gasteiger partial charge is 0.311 e. The van der Waals surface area contributed by atoms with E-state index in [4.69, 9.17) is 0 Å². The Hall–Kier alpha value is -1.10. The van der Waals surface area contributed by atoms with E-state index in [2.05, 4.69) is 0 Å². The Labute approximate surface area is 96.0 Å². The van der Waals surface area contributed by atoms with Crippen LogP contribution in [0.1, 0.15) is 19.8 Å². The van der Waals surface area contributed by atoms with E-state index in [0.717, 1.165) is 0 Å². The minimum absolute atomic E-state index is 0.0153. The third-order valence-electron chi connectivity index (χ3n) is 3.29. The van der Waals surface area contributed by atoms with Crippen LogP contribution in [0.25, 0.3) is 0 Å². The number of aliphatic carboxylic acids is 1. The molecular formula is C11H20N2O3. The zero-order valence-corrected chi connectivity index (χ0v) is 10.2. The summed E-state index contributed by atoms with van der Waals surface area (Å²) in [5, 5.41) is 9.20. The summed E-state index contributed by atoms with van der Waals surface area (Å²) in [6.45, 7) is 3.13. The van der Waals surface area contributed by atoms with E-state index >= 15 is 0 Å². The van der Waals surface area contributed by atoms with Gasteiger partial charge in [0.05, 0.1) is 12.0 Å². The maximum atomic E-state index is 11.8. The molecular weight excluding hydrogens is 208 g/mol. The number of nitrogens with zero attached hydrogens (tertiary/aromatic N) is 2. The largest absolute Gasteiger partial charge is 0.481 e. The van der Waals surface area contributed by atoms with Crippen LogP contribution in [0.3, 0.4) is 0 Å². The predicted octanol–water partition coefficient (Wildman–Crippen LogP) is 0.261. The van der Waals surface area contributed by atoms with Crippen LogP contribution in [0.15, 0.2) is 0 Å². The molecule has 5 nitrogen and oxygen atoms in total. The van der Waals surface area contributed by atoms with Gasteiger partial charge in [0.25, 0.3) is 0 Å². The molecule has 1 saturated heterocycles. The first-order chi connectivity index (χ1) is 7.41. The number of amides is 1. The first-order valence-electron chi connectivity index (χ1n) is 5.57. The summed E-state index contributed by atoms with van der Waals surface area (Å²) >= 11 is 0. The highest BCUT2D eigenvalue weighted by molar-refractivity contribution is 5.81. The zero-order chi connectivity index (χ0) is 12.3. The van der Waals surface area contributed by atoms with Gasteiger partial charge in [-0.2, -0.15) is 0 Å². The molecule has 0 aliphatic carbocycles. The molecule has 1 N–H and O–H groups in total. The van der Waals surface area contributed by atoms with Gasteiger partial charge in [0.2, 0.25) is 5.91 Å². The molecule has 0 radical (unpaired) electrons. The number of carboxylic acid groups (broad SMARTS) is 1. The van der Waals surface area contributed by atoms with Crippen LogP contribution < -0.4 is 0 Å². The van der Waals surface area contributed by atoms with Crippen LogP contribution in [0.5, 0.6) is 0 Å². The van der Waals surface area contributed by atoms with Crippen molar-refractivity contribution in [3.63, 3.8) is 0 Å². The lowest BCUT2D eigenvalue weighted by molar-refractivity contribution is -0.148. The molecule has 1 aliphatic rings. The molecule has 0 bridgehead atoms. The standard InChI is InChI=1S/C11H20N2O3/c1-4-11(10(15)16)5-6-13(8-11)9(14)7-12(2)3/h4-8H2,1-3H3,(H,15,16). The van der Waals surface area contributed by atoms with Gasteiger partial charge in [-0.3, -0.25) is 9.59 Å². The van der Waals surface area contributed by atoms with Gasteiger partial charge in [-0.25, -0.2) is 0 Å². The average molecular weight is 228 g/mol. The predicted molar refractivity (Wildman–Crippen MR) is 60.1 cm³/mol. The van der Waals surface area contributed by atoms with Gasteiger partial charge in [0.1, 0.15) is 0 Å². The summed E-state index contributed by atoms with van der Waals surface area (Å²) in [7, 11) is 3.66. The topological polar surface area (TPSA) is 60.9 Å². The van der Waals surface area contributed by atoms with Crippen molar-refractivity contribution in [3.8, 4) is 0 Å². The first-order valence-corrected chi connectivity index (χ1v) is 5.57. The second kappa shape index (κ2) is 4.82. The lowest BCUT2D eigenvalue weighted by Crippen LogP contribution is -2.40. The van der Waals surface area contributed by atoms with Crippen molar-refractivity contribution in [1.29, 1.82) is 0 Å². The second-order valence-electron chi connectivity index (χ2n) is 4.74. The maximum absolute atomic E-state index is 11.8. The van der Waals surface area contributed by atoms with Gasteiger partial charge in [0, 0.05) is 13.1 Å². The van der Waals surface area contributed by atoms with Crippen molar-refractivity contribution < 1.29 is 14.7 Å². The molecule has 1 heterocycles. The van der Waals surface area contributed by atoms with Crippen LogP contribution in [-0.4, -0.2) is 60.5 Å². The zero-order valence-electron chi connectivity index (χ0n) is 10.2. The Morgan fingerprint density at radius 2 is 2.06 bits per heavy atom. The Morgan fingerprint density at radius 1 is 1.44 bits per heavy atom. The number of hydrogen-bond acceptors (Lipinski definition) is 3. The molecule has 0 saturated carbocycles. The quantitative estimate of drug-likeness (QED) is 0.750. The molecule has 1 atom stereocenters. The molecule has 1 amide bonds. The summed E-state index contributed by atoms with van der Waals surface area (Å²) in [4.78, 5) is 26.4. The van der Waals surface area contributed by atoms with Crippen LogP contribution in [-0.2, 0) is 9.59 Å². The number of carbonyl (C=O) groups excluding carboxylic acids is 1. The molecule has 5 heteroatoms. The van der Waals surface area contributed by atoms with Crippen molar-refractivity contribution in [3.05, 3.63) is 0 Å². The fourth-order valence-electron chi connectivity index (χ4n) is 2.07. The number of likely N-dealkylation sites (N-methyl/N-ethyl adjacent to an activating group) is 1. The maximum Gasteiger partial charge on any atom is 0.311 e. The van der Waals surface area contributed by atoms with E-state index in [-0.39, 0.29) is 5.91 Å². The number of carbonyl (C=O) groups is 2.